The van der Waals surface area contributed by atoms with Gasteiger partial charge in [0.05, 0.1) is 11.5 Å². The van der Waals surface area contributed by atoms with Crippen LogP contribution >= 0.6 is 23.5 Å². The van der Waals surface area contributed by atoms with E-state index < -0.39 is 0 Å². The smallest absolute Gasteiger partial charge is 0.234 e. The van der Waals surface area contributed by atoms with E-state index in [-0.39, 0.29) is 11.7 Å². The van der Waals surface area contributed by atoms with Gasteiger partial charge in [0.25, 0.3) is 0 Å². The summed E-state index contributed by atoms with van der Waals surface area (Å²) < 4.78 is 2.03. The van der Waals surface area contributed by atoms with Gasteiger partial charge >= 0.3 is 0 Å². The fraction of sp³-hybridized carbons (Fsp3) is 0.292. The van der Waals surface area contributed by atoms with Crippen molar-refractivity contribution in [2.75, 3.05) is 11.1 Å². The lowest BCUT2D eigenvalue weighted by Gasteiger charge is -2.10. The maximum atomic E-state index is 12.4. The molecule has 1 heterocycles. The maximum absolute atomic E-state index is 12.4. The third kappa shape index (κ3) is 6.74. The van der Waals surface area contributed by atoms with Gasteiger partial charge in [-0.3, -0.25) is 4.79 Å². The maximum Gasteiger partial charge on any atom is 0.234 e. The summed E-state index contributed by atoms with van der Waals surface area (Å²) in [6.45, 7) is 10.6. The summed E-state index contributed by atoms with van der Waals surface area (Å²) in [4.78, 5) is 12.4. The fourth-order valence-corrected chi connectivity index (χ4v) is 4.75. The summed E-state index contributed by atoms with van der Waals surface area (Å²) >= 11 is 3.20. The first-order valence-corrected chi connectivity index (χ1v) is 12.3. The zero-order valence-electron chi connectivity index (χ0n) is 18.2. The molecule has 1 amide bonds. The van der Waals surface area contributed by atoms with Gasteiger partial charge < -0.3 is 9.88 Å². The van der Waals surface area contributed by atoms with E-state index in [9.17, 15) is 4.79 Å². The second-order valence-corrected chi connectivity index (χ2v) is 9.36. The molecule has 0 aliphatic heterocycles. The van der Waals surface area contributed by atoms with Crippen LogP contribution in [-0.2, 0) is 22.8 Å². The normalized spacial score (nSPS) is 10.8. The van der Waals surface area contributed by atoms with Crippen LogP contribution in [0.25, 0.3) is 0 Å². The Labute approximate surface area is 192 Å². The van der Waals surface area contributed by atoms with Gasteiger partial charge in [-0.05, 0) is 38.0 Å². The molecule has 0 saturated carbocycles. The number of carbonyl (C=O) groups is 1. The van der Waals surface area contributed by atoms with Crippen molar-refractivity contribution in [1.29, 1.82) is 0 Å². The van der Waals surface area contributed by atoms with Gasteiger partial charge in [-0.1, -0.05) is 65.4 Å². The van der Waals surface area contributed by atoms with E-state index in [1.54, 1.807) is 11.8 Å². The van der Waals surface area contributed by atoms with Crippen molar-refractivity contribution < 1.29 is 4.79 Å². The predicted octanol–water partition coefficient (Wildman–Crippen LogP) is 5.55. The quantitative estimate of drug-likeness (QED) is 0.323. The van der Waals surface area contributed by atoms with Crippen LogP contribution in [0.1, 0.15) is 28.1 Å². The number of aryl methyl sites for hydroxylation is 3. The van der Waals surface area contributed by atoms with Gasteiger partial charge in [0.1, 0.15) is 5.82 Å². The van der Waals surface area contributed by atoms with Crippen molar-refractivity contribution in [3.05, 3.63) is 83.2 Å². The molecule has 2 aromatic carbocycles. The minimum Gasteiger partial charge on any atom is -0.325 e. The molecular formula is C24H28N4OS2. The number of aromatic nitrogens is 3. The number of benzene rings is 2. The van der Waals surface area contributed by atoms with Gasteiger partial charge in [-0.2, -0.15) is 0 Å². The first kappa shape index (κ1) is 23.2. The molecule has 0 unspecified atom stereocenters. The summed E-state index contributed by atoms with van der Waals surface area (Å²) in [5.74, 6) is 2.79. The van der Waals surface area contributed by atoms with Crippen molar-refractivity contribution in [2.45, 2.75) is 44.0 Å². The SMILES string of the molecule is C=CCn1c(CSCc2ccc(C)cc2)nnc1SCC(=O)Nc1ccc(C)cc1C. The van der Waals surface area contributed by atoms with Gasteiger partial charge in [-0.25, -0.2) is 0 Å². The molecule has 1 aromatic heterocycles. The van der Waals surface area contributed by atoms with Gasteiger partial charge in [0.15, 0.2) is 5.16 Å². The third-order valence-corrected chi connectivity index (χ3v) is 6.68. The van der Waals surface area contributed by atoms with Crippen LogP contribution in [0.4, 0.5) is 5.69 Å². The van der Waals surface area contributed by atoms with Crippen LogP contribution in [0.2, 0.25) is 0 Å². The highest BCUT2D eigenvalue weighted by Crippen LogP contribution is 2.23. The second-order valence-electron chi connectivity index (χ2n) is 7.43. The zero-order chi connectivity index (χ0) is 22.2. The number of thioether (sulfide) groups is 2. The van der Waals surface area contributed by atoms with Crippen molar-refractivity contribution in [3.8, 4) is 0 Å². The number of nitrogens with zero attached hydrogens (tertiary/aromatic N) is 3. The number of hydrogen-bond donors (Lipinski definition) is 1. The summed E-state index contributed by atoms with van der Waals surface area (Å²) in [5, 5.41) is 12.4. The van der Waals surface area contributed by atoms with E-state index in [0.29, 0.717) is 6.54 Å². The molecule has 0 spiro atoms. The lowest BCUT2D eigenvalue weighted by atomic mass is 10.1. The Hall–Kier alpha value is -2.51. The molecule has 3 rings (SSSR count). The van der Waals surface area contributed by atoms with E-state index in [2.05, 4.69) is 59.3 Å². The fourth-order valence-electron chi connectivity index (χ4n) is 3.06. The Kier molecular flexibility index (Phi) is 8.37. The summed E-state index contributed by atoms with van der Waals surface area (Å²) in [6.07, 6.45) is 1.83. The van der Waals surface area contributed by atoms with Crippen molar-refractivity contribution >= 4 is 35.1 Å². The molecule has 31 heavy (non-hydrogen) atoms. The van der Waals surface area contributed by atoms with Crippen molar-refractivity contribution in [1.82, 2.24) is 14.8 Å². The minimum atomic E-state index is -0.0552. The molecule has 0 atom stereocenters. The average Bonchev–Trinajstić information content (AvgIpc) is 3.12. The molecule has 0 aliphatic carbocycles. The Bertz CT molecular complexity index is 1040. The van der Waals surface area contributed by atoms with Gasteiger partial charge in [0.2, 0.25) is 5.91 Å². The van der Waals surface area contributed by atoms with E-state index in [1.165, 1.54) is 28.5 Å². The molecule has 7 heteroatoms. The van der Waals surface area contributed by atoms with Crippen LogP contribution < -0.4 is 5.32 Å². The number of anilines is 1. The molecule has 5 nitrogen and oxygen atoms in total. The second kappa shape index (κ2) is 11.2. The first-order valence-electron chi connectivity index (χ1n) is 10.1. The summed E-state index contributed by atoms with van der Waals surface area (Å²) in [5.41, 5.74) is 5.64. The first-order chi connectivity index (χ1) is 15.0. The molecule has 0 aliphatic rings. The lowest BCUT2D eigenvalue weighted by molar-refractivity contribution is -0.113. The van der Waals surface area contributed by atoms with E-state index in [0.717, 1.165) is 33.7 Å². The largest absolute Gasteiger partial charge is 0.325 e. The van der Waals surface area contributed by atoms with Crippen LogP contribution in [0.5, 0.6) is 0 Å². The lowest BCUT2D eigenvalue weighted by Crippen LogP contribution is -2.15. The number of nitrogens with one attached hydrogen (secondary N) is 1. The monoisotopic (exact) mass is 452 g/mol. The predicted molar refractivity (Wildman–Crippen MR) is 132 cm³/mol. The molecule has 3 aromatic rings. The Morgan fingerprint density at radius 1 is 1.06 bits per heavy atom. The van der Waals surface area contributed by atoms with Crippen LogP contribution in [0.3, 0.4) is 0 Å². The molecule has 162 valence electrons. The van der Waals surface area contributed by atoms with Crippen molar-refractivity contribution in [3.63, 3.8) is 0 Å². The molecule has 1 N–H and O–H groups in total. The highest BCUT2D eigenvalue weighted by molar-refractivity contribution is 7.99. The number of allylic oxidation sites excluding steroid dienone is 1. The Morgan fingerprint density at radius 2 is 1.81 bits per heavy atom. The van der Waals surface area contributed by atoms with E-state index >= 15 is 0 Å². The molecule has 0 radical (unpaired) electrons. The molecule has 0 saturated heterocycles. The Balaban J connectivity index is 1.56. The molecule has 0 fully saturated rings. The van der Waals surface area contributed by atoms with Gasteiger partial charge in [0, 0.05) is 18.0 Å². The van der Waals surface area contributed by atoms with E-state index in [4.69, 9.17) is 0 Å². The summed E-state index contributed by atoms with van der Waals surface area (Å²) in [6, 6.07) is 14.6. The number of hydrogen-bond acceptors (Lipinski definition) is 5. The molecule has 0 bridgehead atoms. The third-order valence-electron chi connectivity index (χ3n) is 4.71. The van der Waals surface area contributed by atoms with Crippen molar-refractivity contribution in [2.24, 2.45) is 0 Å². The van der Waals surface area contributed by atoms with Gasteiger partial charge in [-0.15, -0.1) is 28.5 Å². The minimum absolute atomic E-state index is 0.0552. The number of carbonyl (C=O) groups excluding carboxylic acids is 1. The number of amides is 1. The highest BCUT2D eigenvalue weighted by Gasteiger charge is 2.14. The topological polar surface area (TPSA) is 59.8 Å². The Morgan fingerprint density at radius 3 is 2.52 bits per heavy atom. The zero-order valence-corrected chi connectivity index (χ0v) is 19.9. The van der Waals surface area contributed by atoms with Crippen LogP contribution in [-0.4, -0.2) is 26.4 Å². The van der Waals surface area contributed by atoms with E-state index in [1.807, 2.05) is 36.6 Å². The summed E-state index contributed by atoms with van der Waals surface area (Å²) in [7, 11) is 0. The number of rotatable bonds is 10. The standard InChI is InChI=1S/C24H28N4OS2/c1-5-12-28-22(15-30-14-20-9-6-17(2)7-10-20)26-27-24(28)31-16-23(29)25-21-11-8-18(3)13-19(21)4/h5-11,13H,1,12,14-16H2,2-4H3,(H,25,29). The molecular weight excluding hydrogens is 424 g/mol. The highest BCUT2D eigenvalue weighted by atomic mass is 32.2. The van der Waals surface area contributed by atoms with Crippen LogP contribution in [0, 0.1) is 20.8 Å². The average molecular weight is 453 g/mol. The van der Waals surface area contributed by atoms with Crippen LogP contribution in [0.15, 0.2) is 60.3 Å².